The predicted octanol–water partition coefficient (Wildman–Crippen LogP) is 5.25. The van der Waals surface area contributed by atoms with Crippen molar-refractivity contribution in [2.75, 3.05) is 20.2 Å². The number of hydrogen-bond acceptors (Lipinski definition) is 3. The van der Waals surface area contributed by atoms with E-state index in [1.165, 1.54) is 19.2 Å². The van der Waals surface area contributed by atoms with Crippen LogP contribution in [0.25, 0.3) is 0 Å². The molecule has 156 valence electrons. The van der Waals surface area contributed by atoms with Gasteiger partial charge in [-0.15, -0.1) is 0 Å². The summed E-state index contributed by atoms with van der Waals surface area (Å²) in [5.74, 6) is -1.20. The molecule has 2 atom stereocenters. The summed E-state index contributed by atoms with van der Waals surface area (Å²) in [5.41, 5.74) is -0.237. The number of alkyl halides is 3. The molecule has 3 rings (SSSR count). The van der Waals surface area contributed by atoms with Crippen molar-refractivity contribution < 1.29 is 27.8 Å². The highest BCUT2D eigenvalue weighted by Crippen LogP contribution is 2.43. The average molecular weight is 428 g/mol. The molecule has 2 aromatic carbocycles. The fraction of sp³-hybridized carbons (Fsp3) is 0.381. The summed E-state index contributed by atoms with van der Waals surface area (Å²) in [6, 6.07) is 9.32. The van der Waals surface area contributed by atoms with Gasteiger partial charge < -0.3 is 9.84 Å². The van der Waals surface area contributed by atoms with Crippen LogP contribution < -0.4 is 4.74 Å². The van der Waals surface area contributed by atoms with Crippen LogP contribution in [0.15, 0.2) is 42.5 Å². The molecule has 1 aliphatic rings. The summed E-state index contributed by atoms with van der Waals surface area (Å²) in [5, 5.41) is 9.82. The molecule has 1 heterocycles. The molecule has 2 aromatic rings. The zero-order valence-electron chi connectivity index (χ0n) is 15.7. The quantitative estimate of drug-likeness (QED) is 0.707. The number of hydrogen-bond donors (Lipinski definition) is 1. The first-order valence-corrected chi connectivity index (χ1v) is 9.56. The molecule has 0 spiro atoms. The first-order chi connectivity index (χ1) is 13.7. The normalized spacial score (nSPS) is 19.0. The monoisotopic (exact) mass is 427 g/mol. The second-order valence-corrected chi connectivity index (χ2v) is 7.48. The zero-order chi connectivity index (χ0) is 21.2. The van der Waals surface area contributed by atoms with E-state index in [1.807, 2.05) is 0 Å². The molecule has 0 saturated carbocycles. The van der Waals surface area contributed by atoms with Gasteiger partial charge in [-0.3, -0.25) is 9.69 Å². The molecule has 0 aromatic heterocycles. The van der Waals surface area contributed by atoms with Crippen LogP contribution in [-0.4, -0.2) is 36.2 Å². The Bertz CT molecular complexity index is 888. The first kappa shape index (κ1) is 21.5. The summed E-state index contributed by atoms with van der Waals surface area (Å²) >= 11 is 6.16. The van der Waals surface area contributed by atoms with Crippen LogP contribution in [-0.2, 0) is 11.0 Å². The van der Waals surface area contributed by atoms with Crippen molar-refractivity contribution >= 4 is 17.6 Å². The van der Waals surface area contributed by atoms with Crippen LogP contribution in [0, 0.1) is 5.92 Å². The number of benzene rings is 2. The second-order valence-electron chi connectivity index (χ2n) is 7.05. The number of likely N-dealkylation sites (tertiary alicyclic amines) is 1. The minimum Gasteiger partial charge on any atom is -0.496 e. The molecule has 8 heteroatoms. The number of ether oxygens (including phenoxy) is 1. The van der Waals surface area contributed by atoms with E-state index >= 15 is 0 Å². The van der Waals surface area contributed by atoms with Gasteiger partial charge in [0.25, 0.3) is 0 Å². The number of carboxylic acid groups (broad SMARTS) is 1. The Morgan fingerprint density at radius 3 is 2.62 bits per heavy atom. The first-order valence-electron chi connectivity index (χ1n) is 9.18. The number of rotatable bonds is 5. The Morgan fingerprint density at radius 2 is 1.97 bits per heavy atom. The van der Waals surface area contributed by atoms with Gasteiger partial charge in [-0.2, -0.15) is 13.2 Å². The SMILES string of the molecule is COc1ccc(Cl)cc1C(c1ccccc1C(F)(F)F)N1CCCC(C(=O)O)C1. The van der Waals surface area contributed by atoms with Crippen molar-refractivity contribution in [1.29, 1.82) is 0 Å². The smallest absolute Gasteiger partial charge is 0.416 e. The van der Waals surface area contributed by atoms with Crippen molar-refractivity contribution in [1.82, 2.24) is 4.90 Å². The maximum absolute atomic E-state index is 13.8. The van der Waals surface area contributed by atoms with Gasteiger partial charge in [0.1, 0.15) is 5.75 Å². The molecule has 0 radical (unpaired) electrons. The Morgan fingerprint density at radius 1 is 1.24 bits per heavy atom. The Balaban J connectivity index is 2.19. The van der Waals surface area contributed by atoms with Crippen LogP contribution in [0.5, 0.6) is 5.75 Å². The van der Waals surface area contributed by atoms with Crippen LogP contribution >= 0.6 is 11.6 Å². The van der Waals surface area contributed by atoms with Crippen LogP contribution in [0.1, 0.15) is 35.6 Å². The van der Waals surface area contributed by atoms with Gasteiger partial charge in [0.15, 0.2) is 0 Å². The van der Waals surface area contributed by atoms with E-state index in [9.17, 15) is 23.1 Å². The Hall–Kier alpha value is -2.25. The van der Waals surface area contributed by atoms with E-state index in [1.54, 1.807) is 29.2 Å². The maximum atomic E-state index is 13.8. The molecular formula is C21H21ClF3NO3. The average Bonchev–Trinajstić information content (AvgIpc) is 2.68. The zero-order valence-corrected chi connectivity index (χ0v) is 16.5. The number of carbonyl (C=O) groups is 1. The minimum absolute atomic E-state index is 0.0478. The Kier molecular flexibility index (Phi) is 6.39. The number of piperidine rings is 1. The molecule has 0 amide bonds. The van der Waals surface area contributed by atoms with E-state index in [-0.39, 0.29) is 12.1 Å². The lowest BCUT2D eigenvalue weighted by atomic mass is 9.88. The highest BCUT2D eigenvalue weighted by atomic mass is 35.5. The van der Waals surface area contributed by atoms with Crippen LogP contribution in [0.2, 0.25) is 5.02 Å². The molecule has 1 aliphatic heterocycles. The van der Waals surface area contributed by atoms with Gasteiger partial charge in [-0.25, -0.2) is 0 Å². The lowest BCUT2D eigenvalue weighted by Crippen LogP contribution is -2.41. The van der Waals surface area contributed by atoms with Crippen molar-refractivity contribution in [2.24, 2.45) is 5.92 Å². The number of aliphatic carboxylic acids is 1. The van der Waals surface area contributed by atoms with Crippen molar-refractivity contribution in [2.45, 2.75) is 25.1 Å². The van der Waals surface area contributed by atoms with Gasteiger partial charge in [0.2, 0.25) is 0 Å². The lowest BCUT2D eigenvalue weighted by Gasteiger charge is -2.39. The predicted molar refractivity (Wildman–Crippen MR) is 103 cm³/mol. The lowest BCUT2D eigenvalue weighted by molar-refractivity contribution is -0.144. The van der Waals surface area contributed by atoms with E-state index in [2.05, 4.69) is 0 Å². The third-order valence-corrected chi connectivity index (χ3v) is 5.45. The molecule has 1 fully saturated rings. The van der Waals surface area contributed by atoms with E-state index < -0.39 is 29.7 Å². The highest BCUT2D eigenvalue weighted by Gasteiger charge is 2.39. The number of methoxy groups -OCH3 is 1. The van der Waals surface area contributed by atoms with Gasteiger partial charge >= 0.3 is 12.1 Å². The summed E-state index contributed by atoms with van der Waals surface area (Å²) < 4.78 is 46.8. The third kappa shape index (κ3) is 4.67. The fourth-order valence-corrected chi connectivity index (χ4v) is 4.10. The molecule has 1 saturated heterocycles. The third-order valence-electron chi connectivity index (χ3n) is 5.21. The summed E-state index contributed by atoms with van der Waals surface area (Å²) in [6.07, 6.45) is -3.49. The number of halogens is 4. The molecule has 1 N–H and O–H groups in total. The largest absolute Gasteiger partial charge is 0.496 e. The van der Waals surface area contributed by atoms with Crippen LogP contribution in [0.4, 0.5) is 13.2 Å². The summed E-state index contributed by atoms with van der Waals surface area (Å²) in [7, 11) is 1.44. The molecular weight excluding hydrogens is 407 g/mol. The highest BCUT2D eigenvalue weighted by molar-refractivity contribution is 6.30. The Labute approximate surface area is 171 Å². The maximum Gasteiger partial charge on any atom is 0.416 e. The van der Waals surface area contributed by atoms with Gasteiger partial charge in [-0.1, -0.05) is 29.8 Å². The number of nitrogens with zero attached hydrogens (tertiary/aromatic N) is 1. The fourth-order valence-electron chi connectivity index (χ4n) is 3.92. The topological polar surface area (TPSA) is 49.8 Å². The molecule has 0 aliphatic carbocycles. The van der Waals surface area contributed by atoms with Gasteiger partial charge in [0.05, 0.1) is 24.6 Å². The number of carboxylic acids is 1. The molecule has 4 nitrogen and oxygen atoms in total. The summed E-state index contributed by atoms with van der Waals surface area (Å²) in [4.78, 5) is 13.3. The molecule has 0 bridgehead atoms. The van der Waals surface area contributed by atoms with Crippen molar-refractivity contribution in [3.05, 3.63) is 64.2 Å². The minimum atomic E-state index is -4.55. The van der Waals surface area contributed by atoms with Crippen molar-refractivity contribution in [3.8, 4) is 5.75 Å². The standard InChI is InChI=1S/C21H21ClF3NO3/c1-29-18-9-8-14(22)11-16(18)19(26-10-4-5-13(12-26)20(27)28)15-6-2-3-7-17(15)21(23,24)25/h2-3,6-9,11,13,19H,4-5,10,12H2,1H3,(H,27,28). The molecule has 2 unspecified atom stereocenters. The van der Waals surface area contributed by atoms with Crippen LogP contribution in [0.3, 0.4) is 0 Å². The molecule has 29 heavy (non-hydrogen) atoms. The van der Waals surface area contributed by atoms with Crippen molar-refractivity contribution in [3.63, 3.8) is 0 Å². The van der Waals surface area contributed by atoms with Gasteiger partial charge in [0, 0.05) is 17.1 Å². The summed E-state index contributed by atoms with van der Waals surface area (Å²) in [6.45, 7) is 0.609. The van der Waals surface area contributed by atoms with E-state index in [4.69, 9.17) is 16.3 Å². The second kappa shape index (κ2) is 8.63. The van der Waals surface area contributed by atoms with Gasteiger partial charge in [-0.05, 0) is 49.2 Å². The van der Waals surface area contributed by atoms with E-state index in [0.717, 1.165) is 6.07 Å². The van der Waals surface area contributed by atoms with E-state index in [0.29, 0.717) is 35.7 Å².